The number of anilines is 2. The van der Waals surface area contributed by atoms with Crippen molar-refractivity contribution in [2.24, 2.45) is 10.7 Å². The summed E-state index contributed by atoms with van der Waals surface area (Å²) in [5.41, 5.74) is 4.81. The van der Waals surface area contributed by atoms with Gasteiger partial charge in [-0.2, -0.15) is 13.2 Å². The van der Waals surface area contributed by atoms with Crippen LogP contribution in [0.4, 0.5) is 24.7 Å². The van der Waals surface area contributed by atoms with Gasteiger partial charge in [0, 0.05) is 7.05 Å². The van der Waals surface area contributed by atoms with Crippen LogP contribution in [0.2, 0.25) is 5.02 Å². The summed E-state index contributed by atoms with van der Waals surface area (Å²) in [5, 5.41) is 0.168. The maximum atomic E-state index is 13.0. The molecule has 1 aromatic carbocycles. The molecule has 2 rings (SSSR count). The number of carbonyl (C=O) groups is 1. The zero-order valence-electron chi connectivity index (χ0n) is 12.4. The van der Waals surface area contributed by atoms with E-state index in [0.717, 1.165) is 17.0 Å². The molecule has 0 atom stereocenters. The number of carbonyl (C=O) groups excluding carboxylic acids is 1. The largest absolute Gasteiger partial charge is 0.433 e. The van der Waals surface area contributed by atoms with Gasteiger partial charge >= 0.3 is 6.18 Å². The van der Waals surface area contributed by atoms with Crippen molar-refractivity contribution in [2.45, 2.75) is 6.18 Å². The number of hydrogen-bond acceptors (Lipinski definition) is 3. The SMILES string of the molecule is CN=C(N)c1ccc(C(F)(F)F)nc1N(C=O)c1ccccc1Cl. The number of alkyl halides is 3. The number of para-hydroxylation sites is 1. The maximum Gasteiger partial charge on any atom is 0.433 e. The smallest absolute Gasteiger partial charge is 0.383 e. The second kappa shape index (κ2) is 6.88. The number of amides is 1. The summed E-state index contributed by atoms with van der Waals surface area (Å²) in [7, 11) is 1.37. The Hall–Kier alpha value is -2.61. The Morgan fingerprint density at radius 3 is 2.50 bits per heavy atom. The van der Waals surface area contributed by atoms with E-state index in [1.54, 1.807) is 12.1 Å². The maximum absolute atomic E-state index is 13.0. The minimum Gasteiger partial charge on any atom is -0.383 e. The molecule has 1 heterocycles. The zero-order valence-corrected chi connectivity index (χ0v) is 13.1. The molecule has 0 bridgehead atoms. The second-order valence-corrected chi connectivity index (χ2v) is 5.01. The summed E-state index contributed by atoms with van der Waals surface area (Å²) in [6, 6.07) is 8.06. The van der Waals surface area contributed by atoms with Crippen LogP contribution in [0.25, 0.3) is 0 Å². The standard InChI is InChI=1S/C15H12ClF3N4O/c1-21-13(20)9-6-7-12(15(17,18)19)22-14(9)23(8-24)11-5-3-2-4-10(11)16/h2-8H,1H3,(H2,20,21). The highest BCUT2D eigenvalue weighted by atomic mass is 35.5. The zero-order chi connectivity index (χ0) is 17.9. The van der Waals surface area contributed by atoms with Gasteiger partial charge in [-0.05, 0) is 24.3 Å². The van der Waals surface area contributed by atoms with E-state index in [2.05, 4.69) is 9.98 Å². The van der Waals surface area contributed by atoms with Crippen LogP contribution in [0, 0.1) is 0 Å². The first-order valence-corrected chi connectivity index (χ1v) is 6.97. The Bertz CT molecular complexity index is 793. The van der Waals surface area contributed by atoms with Gasteiger partial charge < -0.3 is 5.73 Å². The summed E-state index contributed by atoms with van der Waals surface area (Å²) >= 11 is 6.03. The molecular formula is C15H12ClF3N4O. The van der Waals surface area contributed by atoms with E-state index in [0.29, 0.717) is 6.41 Å². The van der Waals surface area contributed by atoms with Gasteiger partial charge in [-0.25, -0.2) is 4.98 Å². The molecule has 0 aliphatic heterocycles. The summed E-state index contributed by atoms with van der Waals surface area (Å²) in [5.74, 6) is -0.374. The monoisotopic (exact) mass is 356 g/mol. The van der Waals surface area contributed by atoms with Crippen molar-refractivity contribution in [3.8, 4) is 0 Å². The minimum atomic E-state index is -4.68. The second-order valence-electron chi connectivity index (χ2n) is 4.60. The summed E-state index contributed by atoms with van der Waals surface area (Å²) in [6.45, 7) is 0. The molecule has 0 spiro atoms. The lowest BCUT2D eigenvalue weighted by Crippen LogP contribution is -2.24. The fraction of sp³-hybridized carbons (Fsp3) is 0.133. The van der Waals surface area contributed by atoms with Crippen molar-refractivity contribution in [3.63, 3.8) is 0 Å². The average Bonchev–Trinajstić information content (AvgIpc) is 2.55. The van der Waals surface area contributed by atoms with E-state index < -0.39 is 11.9 Å². The Morgan fingerprint density at radius 1 is 1.29 bits per heavy atom. The number of pyridine rings is 1. The van der Waals surface area contributed by atoms with E-state index in [1.165, 1.54) is 19.2 Å². The van der Waals surface area contributed by atoms with Gasteiger partial charge in [0.15, 0.2) is 5.82 Å². The molecule has 24 heavy (non-hydrogen) atoms. The summed E-state index contributed by atoms with van der Waals surface area (Å²) in [6.07, 6.45) is -4.36. The van der Waals surface area contributed by atoms with Gasteiger partial charge in [0.05, 0.1) is 16.3 Å². The van der Waals surface area contributed by atoms with Crippen molar-refractivity contribution >= 4 is 35.4 Å². The van der Waals surface area contributed by atoms with E-state index >= 15 is 0 Å². The minimum absolute atomic E-state index is 0.0647. The van der Waals surface area contributed by atoms with E-state index in [-0.39, 0.29) is 27.9 Å². The molecule has 0 saturated carbocycles. The van der Waals surface area contributed by atoms with Crippen molar-refractivity contribution < 1.29 is 18.0 Å². The number of amidine groups is 1. The van der Waals surface area contributed by atoms with Crippen molar-refractivity contribution in [3.05, 3.63) is 52.7 Å². The van der Waals surface area contributed by atoms with Gasteiger partial charge in [0.1, 0.15) is 11.5 Å². The summed E-state index contributed by atoms with van der Waals surface area (Å²) < 4.78 is 38.9. The highest BCUT2D eigenvalue weighted by Gasteiger charge is 2.34. The first-order chi connectivity index (χ1) is 11.3. The van der Waals surface area contributed by atoms with Gasteiger partial charge in [0.2, 0.25) is 6.41 Å². The molecule has 2 N–H and O–H groups in total. The highest BCUT2D eigenvalue weighted by molar-refractivity contribution is 6.33. The lowest BCUT2D eigenvalue weighted by Gasteiger charge is -2.21. The molecule has 126 valence electrons. The first-order valence-electron chi connectivity index (χ1n) is 6.59. The van der Waals surface area contributed by atoms with E-state index in [9.17, 15) is 18.0 Å². The number of benzene rings is 1. The van der Waals surface area contributed by atoms with Crippen LogP contribution in [0.5, 0.6) is 0 Å². The van der Waals surface area contributed by atoms with E-state index in [1.807, 2.05) is 0 Å². The number of aliphatic imine (C=N–C) groups is 1. The number of rotatable bonds is 4. The fourth-order valence-electron chi connectivity index (χ4n) is 1.98. The number of aromatic nitrogens is 1. The molecule has 0 aliphatic carbocycles. The quantitative estimate of drug-likeness (QED) is 0.518. The lowest BCUT2D eigenvalue weighted by molar-refractivity contribution is -0.141. The van der Waals surface area contributed by atoms with Crippen molar-refractivity contribution in [1.82, 2.24) is 4.98 Å². The van der Waals surface area contributed by atoms with Crippen LogP contribution in [-0.4, -0.2) is 24.3 Å². The van der Waals surface area contributed by atoms with Gasteiger partial charge in [-0.1, -0.05) is 23.7 Å². The predicted molar refractivity (Wildman–Crippen MR) is 85.5 cm³/mol. The number of halogens is 4. The lowest BCUT2D eigenvalue weighted by atomic mass is 10.2. The third-order valence-electron chi connectivity index (χ3n) is 3.13. The number of nitrogens with zero attached hydrogens (tertiary/aromatic N) is 3. The Labute approximate surface area is 140 Å². The van der Waals surface area contributed by atoms with Crippen molar-refractivity contribution in [2.75, 3.05) is 11.9 Å². The molecule has 0 fully saturated rings. The topological polar surface area (TPSA) is 71.6 Å². The van der Waals surface area contributed by atoms with E-state index in [4.69, 9.17) is 17.3 Å². The van der Waals surface area contributed by atoms with Crippen molar-refractivity contribution in [1.29, 1.82) is 0 Å². The fourth-order valence-corrected chi connectivity index (χ4v) is 2.20. The highest BCUT2D eigenvalue weighted by Crippen LogP contribution is 2.34. The van der Waals surface area contributed by atoms with Gasteiger partial charge in [-0.3, -0.25) is 14.7 Å². The molecule has 0 saturated heterocycles. The Morgan fingerprint density at radius 2 is 1.96 bits per heavy atom. The van der Waals surface area contributed by atoms with Crippen LogP contribution in [-0.2, 0) is 11.0 Å². The molecule has 1 aromatic heterocycles. The molecule has 0 radical (unpaired) electrons. The Balaban J connectivity index is 2.72. The van der Waals surface area contributed by atoms with Crippen LogP contribution < -0.4 is 10.6 Å². The third kappa shape index (κ3) is 3.48. The Kier molecular flexibility index (Phi) is 5.08. The predicted octanol–water partition coefficient (Wildman–Crippen LogP) is 3.38. The first kappa shape index (κ1) is 17.7. The van der Waals surface area contributed by atoms with Crippen LogP contribution in [0.3, 0.4) is 0 Å². The summed E-state index contributed by atoms with van der Waals surface area (Å²) in [4.78, 5) is 19.7. The molecule has 1 amide bonds. The molecule has 5 nitrogen and oxygen atoms in total. The van der Waals surface area contributed by atoms with Crippen LogP contribution in [0.1, 0.15) is 11.3 Å². The molecule has 9 heteroatoms. The third-order valence-corrected chi connectivity index (χ3v) is 3.45. The molecule has 0 aliphatic rings. The van der Waals surface area contributed by atoms with Gasteiger partial charge in [-0.15, -0.1) is 0 Å². The van der Waals surface area contributed by atoms with Crippen LogP contribution in [0.15, 0.2) is 41.4 Å². The molecule has 0 unspecified atom stereocenters. The average molecular weight is 357 g/mol. The molecular weight excluding hydrogens is 345 g/mol. The van der Waals surface area contributed by atoms with Crippen LogP contribution >= 0.6 is 11.6 Å². The van der Waals surface area contributed by atoms with Gasteiger partial charge in [0.25, 0.3) is 0 Å². The molecule has 2 aromatic rings. The number of nitrogens with two attached hydrogens (primary N) is 1. The number of hydrogen-bond donors (Lipinski definition) is 1. The normalized spacial score (nSPS) is 12.1.